The predicted octanol–water partition coefficient (Wildman–Crippen LogP) is 4.07. The van der Waals surface area contributed by atoms with Crippen LogP contribution in [-0.4, -0.2) is 50.9 Å². The quantitative estimate of drug-likeness (QED) is 0.310. The highest BCUT2D eigenvalue weighted by Crippen LogP contribution is 2.53. The summed E-state index contributed by atoms with van der Waals surface area (Å²) in [6.45, 7) is 3.11. The number of fused-ring (bicyclic) bond motifs is 1. The molecule has 0 bridgehead atoms. The molecule has 2 aromatic rings. The minimum atomic E-state index is -5.08. The molecular weight excluding hydrogens is 526 g/mol. The highest BCUT2D eigenvalue weighted by molar-refractivity contribution is 8.25. The fourth-order valence-corrected chi connectivity index (χ4v) is 6.57. The van der Waals surface area contributed by atoms with Gasteiger partial charge in [-0.2, -0.15) is 18.4 Å². The van der Waals surface area contributed by atoms with Crippen LogP contribution in [0.25, 0.3) is 0 Å². The van der Waals surface area contributed by atoms with Crippen molar-refractivity contribution in [3.63, 3.8) is 0 Å². The van der Waals surface area contributed by atoms with Gasteiger partial charge in [0, 0.05) is 40.5 Å². The Morgan fingerprint density at radius 1 is 1.16 bits per heavy atom. The molecule has 1 saturated heterocycles. The Kier molecular flexibility index (Phi) is 8.57. The number of alkyl halides is 3. The molecule has 8 nitrogen and oxygen atoms in total. The minimum Gasteiger partial charge on any atom is -0.475 e. The molecule has 0 saturated carbocycles. The molecular formula is C25H25F4N5O3S. The van der Waals surface area contributed by atoms with Gasteiger partial charge >= 0.3 is 12.1 Å². The second-order valence-electron chi connectivity index (χ2n) is 8.70. The van der Waals surface area contributed by atoms with E-state index in [0.29, 0.717) is 29.8 Å². The molecule has 2 aliphatic heterocycles. The zero-order chi connectivity index (χ0) is 28.1. The van der Waals surface area contributed by atoms with Crippen LogP contribution in [0.15, 0.2) is 47.5 Å². The van der Waals surface area contributed by atoms with E-state index >= 15 is 0 Å². The van der Waals surface area contributed by atoms with Crippen LogP contribution < -0.4 is 10.5 Å². The number of aliphatic imine (C=N–C) groups is 1. The van der Waals surface area contributed by atoms with Crippen LogP contribution in [0.5, 0.6) is 0 Å². The number of carbonyl (C=O) groups is 1. The van der Waals surface area contributed by atoms with Crippen molar-refractivity contribution in [3.05, 3.63) is 70.5 Å². The summed E-state index contributed by atoms with van der Waals surface area (Å²) in [4.78, 5) is 13.5. The van der Waals surface area contributed by atoms with Gasteiger partial charge in [-0.25, -0.2) is 18.9 Å². The number of hydrogen-bond donors (Lipinski definition) is 4. The number of halogens is 4. The Balaban J connectivity index is 0.000000505. The fraction of sp³-hybridized carbons (Fsp3) is 0.320. The zero-order valence-corrected chi connectivity index (χ0v) is 21.0. The van der Waals surface area contributed by atoms with Gasteiger partial charge in [0.2, 0.25) is 5.96 Å². The fourth-order valence-electron chi connectivity index (χ4n) is 3.90. The second-order valence-corrected chi connectivity index (χ2v) is 11.0. The number of benzene rings is 2. The van der Waals surface area contributed by atoms with E-state index in [-0.39, 0.29) is 11.7 Å². The molecule has 2 atom stereocenters. The third kappa shape index (κ3) is 6.75. The van der Waals surface area contributed by atoms with Crippen LogP contribution in [0.3, 0.4) is 0 Å². The SMILES string of the molecule is C[C@@]1(c2cc(C#Cc3ccc(C#N)cc3)ccc2F)CS2(O)NCCCCN2C(N)=N1.O=C(O)C(F)(F)F. The molecule has 2 aromatic carbocycles. The third-order valence-corrected chi connectivity index (χ3v) is 8.47. The summed E-state index contributed by atoms with van der Waals surface area (Å²) in [6, 6.07) is 13.7. The topological polar surface area (TPSA) is 135 Å². The van der Waals surface area contributed by atoms with Gasteiger partial charge in [0.1, 0.15) is 11.4 Å². The van der Waals surface area contributed by atoms with Gasteiger partial charge in [-0.3, -0.25) is 4.31 Å². The number of nitrogens with zero attached hydrogens (tertiary/aromatic N) is 3. The van der Waals surface area contributed by atoms with Gasteiger partial charge in [0.05, 0.1) is 17.4 Å². The molecule has 0 aromatic heterocycles. The number of aliphatic carboxylic acids is 1. The molecule has 1 unspecified atom stereocenters. The van der Waals surface area contributed by atoms with E-state index in [1.54, 1.807) is 47.6 Å². The van der Waals surface area contributed by atoms with Crippen LogP contribution in [0.1, 0.15) is 42.0 Å². The maximum atomic E-state index is 14.9. The Hall–Kier alpha value is -3.78. The molecule has 0 aliphatic carbocycles. The molecule has 38 heavy (non-hydrogen) atoms. The number of nitriles is 1. The van der Waals surface area contributed by atoms with Crippen molar-refractivity contribution in [2.45, 2.75) is 31.5 Å². The molecule has 2 aliphatic rings. The summed E-state index contributed by atoms with van der Waals surface area (Å²) in [5.74, 6) is 3.39. The lowest BCUT2D eigenvalue weighted by Crippen LogP contribution is -2.53. The summed E-state index contributed by atoms with van der Waals surface area (Å²) in [5.41, 5.74) is 7.52. The number of guanidine groups is 1. The van der Waals surface area contributed by atoms with Crippen molar-refractivity contribution in [1.29, 1.82) is 5.26 Å². The van der Waals surface area contributed by atoms with E-state index in [2.05, 4.69) is 27.6 Å². The predicted molar refractivity (Wildman–Crippen MR) is 135 cm³/mol. The van der Waals surface area contributed by atoms with E-state index in [9.17, 15) is 22.1 Å². The van der Waals surface area contributed by atoms with Crippen LogP contribution >= 0.6 is 10.7 Å². The summed E-state index contributed by atoms with van der Waals surface area (Å²) < 4.78 is 63.0. The lowest BCUT2D eigenvalue weighted by molar-refractivity contribution is -0.192. The largest absolute Gasteiger partial charge is 0.490 e. The lowest BCUT2D eigenvalue weighted by atomic mass is 9.92. The van der Waals surface area contributed by atoms with E-state index in [1.165, 1.54) is 6.07 Å². The first-order chi connectivity index (χ1) is 17.8. The summed E-state index contributed by atoms with van der Waals surface area (Å²) in [5, 5.41) is 16.0. The summed E-state index contributed by atoms with van der Waals surface area (Å²) in [7, 11) is -2.42. The van der Waals surface area contributed by atoms with Crippen LogP contribution in [0.2, 0.25) is 0 Å². The number of hydrogen-bond acceptors (Lipinski definition) is 7. The van der Waals surface area contributed by atoms with Gasteiger partial charge in [0.25, 0.3) is 0 Å². The summed E-state index contributed by atoms with van der Waals surface area (Å²) >= 11 is 0. The zero-order valence-electron chi connectivity index (χ0n) is 20.2. The maximum Gasteiger partial charge on any atom is 0.490 e. The molecule has 0 spiro atoms. The molecule has 0 radical (unpaired) electrons. The molecule has 2 heterocycles. The standard InChI is InChI=1S/C23H24FN5OS.C2HF3O2/c1-23(16-31(30)27-12-2-3-13-29(31)22(26)28-23)20-14-18(10-11-21(20)24)7-4-17-5-8-19(15-25)9-6-17;3-2(4,5)1(6)7/h5-6,8-11,14,27,30H,2-3,12-13,16H2,1H3,(H2,26,28);(H,6,7)/t23-;/m0./s1. The number of carboxylic acids is 1. The average molecular weight is 552 g/mol. The normalized spacial score (nSPS) is 24.4. The molecule has 13 heteroatoms. The highest BCUT2D eigenvalue weighted by Gasteiger charge is 2.46. The molecule has 202 valence electrons. The van der Waals surface area contributed by atoms with Gasteiger partial charge < -0.3 is 15.4 Å². The van der Waals surface area contributed by atoms with E-state index in [1.807, 2.05) is 0 Å². The lowest BCUT2D eigenvalue weighted by Gasteiger charge is -2.51. The number of nitrogens with two attached hydrogens (primary N) is 1. The van der Waals surface area contributed by atoms with Crippen LogP contribution in [-0.2, 0) is 10.3 Å². The molecule has 1 fully saturated rings. The Bertz CT molecular complexity index is 1330. The second kappa shape index (κ2) is 11.3. The number of nitrogens with one attached hydrogen (secondary N) is 1. The van der Waals surface area contributed by atoms with Crippen molar-refractivity contribution in [2.24, 2.45) is 10.7 Å². The minimum absolute atomic E-state index is 0.231. The van der Waals surface area contributed by atoms with Gasteiger partial charge in [-0.05, 0) is 62.2 Å². The first-order valence-corrected chi connectivity index (χ1v) is 13.0. The van der Waals surface area contributed by atoms with Crippen molar-refractivity contribution >= 4 is 22.6 Å². The number of carboxylic acid groups (broad SMARTS) is 1. The smallest absolute Gasteiger partial charge is 0.475 e. The monoisotopic (exact) mass is 551 g/mol. The third-order valence-electron chi connectivity index (χ3n) is 5.74. The summed E-state index contributed by atoms with van der Waals surface area (Å²) in [6.07, 6.45) is -3.24. The Morgan fingerprint density at radius 2 is 1.74 bits per heavy atom. The number of rotatable bonds is 1. The van der Waals surface area contributed by atoms with E-state index < -0.39 is 34.2 Å². The average Bonchev–Trinajstić information content (AvgIpc) is 3.04. The maximum absolute atomic E-state index is 14.9. The molecule has 4 rings (SSSR count). The van der Waals surface area contributed by atoms with Gasteiger partial charge in [-0.15, -0.1) is 0 Å². The Morgan fingerprint density at radius 3 is 2.34 bits per heavy atom. The van der Waals surface area contributed by atoms with E-state index in [0.717, 1.165) is 18.4 Å². The van der Waals surface area contributed by atoms with E-state index in [4.69, 9.17) is 20.9 Å². The molecule has 0 amide bonds. The van der Waals surface area contributed by atoms with Crippen molar-refractivity contribution in [3.8, 4) is 17.9 Å². The molecule has 5 N–H and O–H groups in total. The Labute approximate surface area is 218 Å². The van der Waals surface area contributed by atoms with Gasteiger partial charge in [-0.1, -0.05) is 11.8 Å². The van der Waals surface area contributed by atoms with Gasteiger partial charge in [0.15, 0.2) is 0 Å². The highest BCUT2D eigenvalue weighted by atomic mass is 32.3. The van der Waals surface area contributed by atoms with Crippen molar-refractivity contribution in [2.75, 3.05) is 18.8 Å². The van der Waals surface area contributed by atoms with Crippen molar-refractivity contribution in [1.82, 2.24) is 9.03 Å². The van der Waals surface area contributed by atoms with Crippen LogP contribution in [0.4, 0.5) is 17.6 Å². The first-order valence-electron chi connectivity index (χ1n) is 11.3. The van der Waals surface area contributed by atoms with Crippen LogP contribution in [0, 0.1) is 29.0 Å². The first kappa shape index (κ1) is 28.8. The van der Waals surface area contributed by atoms with Crippen molar-refractivity contribution < 1.29 is 32.0 Å².